The summed E-state index contributed by atoms with van der Waals surface area (Å²) in [5, 5.41) is 3.68. The first-order valence-electron chi connectivity index (χ1n) is 13.1. The summed E-state index contributed by atoms with van der Waals surface area (Å²) in [6.45, 7) is 1.44. The molecule has 1 aliphatic rings. The van der Waals surface area contributed by atoms with Crippen molar-refractivity contribution in [1.29, 1.82) is 0 Å². The summed E-state index contributed by atoms with van der Waals surface area (Å²) in [5.41, 5.74) is 0.963. The topological polar surface area (TPSA) is 105 Å². The number of amides is 2. The second-order valence-electron chi connectivity index (χ2n) is 9.72. The van der Waals surface area contributed by atoms with E-state index in [-0.39, 0.29) is 29.9 Å². The Balaban J connectivity index is 1.95. The molecule has 1 aliphatic carbocycles. The number of halogens is 1. The zero-order valence-corrected chi connectivity index (χ0v) is 24.6. The third kappa shape index (κ3) is 8.25. The predicted molar refractivity (Wildman–Crippen MR) is 153 cm³/mol. The van der Waals surface area contributed by atoms with Crippen LogP contribution in [0.1, 0.15) is 51.0 Å². The Kier molecular flexibility index (Phi) is 10.9. The molecular weight excluding hydrogens is 542 g/mol. The molecule has 11 heteroatoms. The maximum absolute atomic E-state index is 13.9. The molecule has 0 unspecified atom stereocenters. The number of anilines is 1. The van der Waals surface area contributed by atoms with Gasteiger partial charge in [0, 0.05) is 23.7 Å². The Labute approximate surface area is 236 Å². The van der Waals surface area contributed by atoms with Crippen LogP contribution in [0, 0.1) is 0 Å². The normalized spacial score (nSPS) is 14.8. The molecule has 39 heavy (non-hydrogen) atoms. The zero-order valence-electron chi connectivity index (χ0n) is 23.0. The van der Waals surface area contributed by atoms with Crippen molar-refractivity contribution < 1.29 is 27.5 Å². The lowest BCUT2D eigenvalue weighted by atomic mass is 9.95. The molecule has 2 amide bonds. The molecule has 0 spiro atoms. The first kappa shape index (κ1) is 30.6. The van der Waals surface area contributed by atoms with Crippen LogP contribution in [0.2, 0.25) is 5.02 Å². The highest BCUT2D eigenvalue weighted by molar-refractivity contribution is 7.92. The largest absolute Gasteiger partial charge is 0.497 e. The smallest absolute Gasteiger partial charge is 0.244 e. The van der Waals surface area contributed by atoms with Gasteiger partial charge < -0.3 is 19.7 Å². The summed E-state index contributed by atoms with van der Waals surface area (Å²) in [7, 11) is -1.00. The quantitative estimate of drug-likeness (QED) is 0.400. The molecule has 2 aromatic rings. The fraction of sp³-hybridized carbons (Fsp3) is 0.500. The number of sulfonamides is 1. The molecule has 0 saturated heterocycles. The summed E-state index contributed by atoms with van der Waals surface area (Å²) >= 11 is 6.06. The number of rotatable bonds is 12. The predicted octanol–water partition coefficient (Wildman–Crippen LogP) is 4.38. The zero-order chi connectivity index (χ0) is 28.6. The molecule has 9 nitrogen and oxygen atoms in total. The van der Waals surface area contributed by atoms with E-state index in [1.807, 2.05) is 6.92 Å². The van der Waals surface area contributed by atoms with Gasteiger partial charge in [-0.2, -0.15) is 0 Å². The number of nitrogens with zero attached hydrogens (tertiary/aromatic N) is 2. The van der Waals surface area contributed by atoms with Gasteiger partial charge in [-0.1, -0.05) is 49.9 Å². The molecule has 0 bridgehead atoms. The van der Waals surface area contributed by atoms with Gasteiger partial charge in [0.2, 0.25) is 21.8 Å². The van der Waals surface area contributed by atoms with E-state index in [2.05, 4.69) is 5.32 Å². The Hall–Kier alpha value is -2.98. The lowest BCUT2D eigenvalue weighted by molar-refractivity contribution is -0.140. The maximum Gasteiger partial charge on any atom is 0.244 e. The van der Waals surface area contributed by atoms with E-state index in [1.54, 1.807) is 36.4 Å². The molecule has 0 aromatic heterocycles. The Bertz CT molecular complexity index is 1230. The van der Waals surface area contributed by atoms with Crippen LogP contribution >= 0.6 is 11.6 Å². The van der Waals surface area contributed by atoms with Crippen LogP contribution in [0.4, 0.5) is 5.69 Å². The van der Waals surface area contributed by atoms with E-state index in [0.717, 1.165) is 48.2 Å². The molecule has 0 heterocycles. The van der Waals surface area contributed by atoms with Crippen LogP contribution in [-0.4, -0.2) is 64.2 Å². The van der Waals surface area contributed by atoms with Gasteiger partial charge in [-0.05, 0) is 49.1 Å². The van der Waals surface area contributed by atoms with E-state index in [9.17, 15) is 18.0 Å². The number of carbonyl (C=O) groups is 2. The van der Waals surface area contributed by atoms with Crippen molar-refractivity contribution in [2.75, 3.05) is 31.3 Å². The molecule has 1 saturated carbocycles. The Morgan fingerprint density at radius 2 is 1.72 bits per heavy atom. The molecule has 1 fully saturated rings. The summed E-state index contributed by atoms with van der Waals surface area (Å²) in [6, 6.07) is 11.0. The van der Waals surface area contributed by atoms with Crippen LogP contribution in [0.5, 0.6) is 11.5 Å². The fourth-order valence-corrected chi connectivity index (χ4v) is 5.82. The van der Waals surface area contributed by atoms with Crippen molar-refractivity contribution in [1.82, 2.24) is 10.2 Å². The fourth-order valence-electron chi connectivity index (χ4n) is 4.84. The van der Waals surface area contributed by atoms with Gasteiger partial charge in [-0.15, -0.1) is 0 Å². The second kappa shape index (κ2) is 13.9. The molecule has 2 aromatic carbocycles. The van der Waals surface area contributed by atoms with Crippen LogP contribution in [-0.2, 0) is 26.2 Å². The van der Waals surface area contributed by atoms with Crippen molar-refractivity contribution >= 4 is 39.1 Å². The standard InChI is InChI=1S/C28H38ClN3O6S/c1-5-24(28(34)30-22-9-7-6-8-10-22)31(18-20-11-13-21(29)14-12-20)27(33)19-32(39(4,35)36)25-16-15-23(37-2)17-26(25)38-3/h11-17,22,24H,5-10,18-19H2,1-4H3,(H,30,34)/t24-/m0/s1. The van der Waals surface area contributed by atoms with Crippen molar-refractivity contribution in [2.45, 2.75) is 64.1 Å². The van der Waals surface area contributed by atoms with E-state index < -0.39 is 28.5 Å². The number of ether oxygens (including phenoxy) is 2. The van der Waals surface area contributed by atoms with Gasteiger partial charge in [0.15, 0.2) is 0 Å². The highest BCUT2D eigenvalue weighted by atomic mass is 35.5. The molecule has 1 atom stereocenters. The molecule has 0 aliphatic heterocycles. The summed E-state index contributed by atoms with van der Waals surface area (Å²) in [6.07, 6.45) is 6.48. The molecule has 0 radical (unpaired) electrons. The van der Waals surface area contributed by atoms with Gasteiger partial charge in [-0.3, -0.25) is 13.9 Å². The number of methoxy groups -OCH3 is 2. The van der Waals surface area contributed by atoms with Gasteiger partial charge in [-0.25, -0.2) is 8.42 Å². The summed E-state index contributed by atoms with van der Waals surface area (Å²) < 4.78 is 37.5. The van der Waals surface area contributed by atoms with Crippen LogP contribution < -0.4 is 19.1 Å². The van der Waals surface area contributed by atoms with Gasteiger partial charge in [0.25, 0.3) is 0 Å². The van der Waals surface area contributed by atoms with E-state index in [0.29, 0.717) is 17.2 Å². The monoisotopic (exact) mass is 579 g/mol. The molecule has 1 N–H and O–H groups in total. The second-order valence-corrected chi connectivity index (χ2v) is 12.1. The van der Waals surface area contributed by atoms with Crippen molar-refractivity contribution in [2.24, 2.45) is 0 Å². The van der Waals surface area contributed by atoms with Crippen LogP contribution in [0.25, 0.3) is 0 Å². The summed E-state index contributed by atoms with van der Waals surface area (Å²) in [5.74, 6) is -0.0392. The lowest BCUT2D eigenvalue weighted by Crippen LogP contribution is -2.54. The van der Waals surface area contributed by atoms with Crippen LogP contribution in [0.3, 0.4) is 0 Å². The Morgan fingerprint density at radius 1 is 1.05 bits per heavy atom. The number of hydrogen-bond acceptors (Lipinski definition) is 6. The number of benzene rings is 2. The minimum atomic E-state index is -3.91. The number of nitrogens with one attached hydrogen (secondary N) is 1. The van der Waals surface area contributed by atoms with E-state index >= 15 is 0 Å². The third-order valence-corrected chi connectivity index (χ3v) is 8.32. The van der Waals surface area contributed by atoms with Gasteiger partial charge in [0.05, 0.1) is 26.2 Å². The molecular formula is C28H38ClN3O6S. The average Bonchev–Trinajstić information content (AvgIpc) is 2.92. The average molecular weight is 580 g/mol. The minimum Gasteiger partial charge on any atom is -0.497 e. The lowest BCUT2D eigenvalue weighted by Gasteiger charge is -2.34. The third-order valence-electron chi connectivity index (χ3n) is 6.94. The highest BCUT2D eigenvalue weighted by Crippen LogP contribution is 2.34. The highest BCUT2D eigenvalue weighted by Gasteiger charge is 2.33. The van der Waals surface area contributed by atoms with Crippen molar-refractivity contribution in [3.63, 3.8) is 0 Å². The maximum atomic E-state index is 13.9. The Morgan fingerprint density at radius 3 is 2.28 bits per heavy atom. The minimum absolute atomic E-state index is 0.0730. The van der Waals surface area contributed by atoms with Crippen molar-refractivity contribution in [3.8, 4) is 11.5 Å². The van der Waals surface area contributed by atoms with Gasteiger partial charge >= 0.3 is 0 Å². The molecule has 214 valence electrons. The van der Waals surface area contributed by atoms with E-state index in [1.165, 1.54) is 25.2 Å². The van der Waals surface area contributed by atoms with Crippen LogP contribution in [0.15, 0.2) is 42.5 Å². The summed E-state index contributed by atoms with van der Waals surface area (Å²) in [4.78, 5) is 28.8. The van der Waals surface area contributed by atoms with Crippen molar-refractivity contribution in [3.05, 3.63) is 53.1 Å². The van der Waals surface area contributed by atoms with E-state index in [4.69, 9.17) is 21.1 Å². The number of carbonyl (C=O) groups excluding carboxylic acids is 2. The SMILES string of the molecule is CC[C@@H](C(=O)NC1CCCCC1)N(Cc1ccc(Cl)cc1)C(=O)CN(c1ccc(OC)cc1OC)S(C)(=O)=O. The molecule has 3 rings (SSSR count). The van der Waals surface area contributed by atoms with Gasteiger partial charge in [0.1, 0.15) is 24.1 Å². The number of hydrogen-bond donors (Lipinski definition) is 1. The first-order chi connectivity index (χ1) is 18.6. The first-order valence-corrected chi connectivity index (χ1v) is 15.3.